The third-order valence-corrected chi connectivity index (χ3v) is 10.7. The van der Waals surface area contributed by atoms with E-state index in [0.717, 1.165) is 54.2 Å². The number of likely N-dealkylation sites (tertiary alicyclic amines) is 2. The van der Waals surface area contributed by atoms with E-state index in [1.807, 2.05) is 6.07 Å². The Labute approximate surface area is 253 Å². The van der Waals surface area contributed by atoms with E-state index in [-0.39, 0.29) is 5.75 Å². The number of pyridine rings is 1. The van der Waals surface area contributed by atoms with Gasteiger partial charge in [0.25, 0.3) is 0 Å². The molecule has 0 unspecified atom stereocenters. The summed E-state index contributed by atoms with van der Waals surface area (Å²) in [5, 5.41) is 0. The molecule has 0 N–H and O–H groups in total. The van der Waals surface area contributed by atoms with Gasteiger partial charge in [-0.25, -0.2) is 23.4 Å². The van der Waals surface area contributed by atoms with Crippen molar-refractivity contribution in [2.45, 2.75) is 57.4 Å². The van der Waals surface area contributed by atoms with Crippen molar-refractivity contribution >= 4 is 37.3 Å². The number of hydrogen-bond donors (Lipinski definition) is 0. The van der Waals surface area contributed by atoms with Gasteiger partial charge in [0, 0.05) is 59.7 Å². The molecule has 3 aromatic rings. The predicted molar refractivity (Wildman–Crippen MR) is 167 cm³/mol. The Morgan fingerprint density at radius 3 is 2.48 bits per heavy atom. The van der Waals surface area contributed by atoms with Crippen molar-refractivity contribution in [3.63, 3.8) is 0 Å². The fraction of sp³-hybridized carbons (Fsp3) is 0.633. The molecule has 6 heterocycles. The molecule has 0 bridgehead atoms. The fourth-order valence-electron chi connectivity index (χ4n) is 6.55. The van der Waals surface area contributed by atoms with Crippen molar-refractivity contribution in [2.75, 3.05) is 70.7 Å². The Hall–Kier alpha value is -2.38. The van der Waals surface area contributed by atoms with Gasteiger partial charge in [0.15, 0.2) is 9.84 Å². The molecule has 0 saturated carbocycles. The maximum absolute atomic E-state index is 12.2. The van der Waals surface area contributed by atoms with Gasteiger partial charge in [-0.1, -0.05) is 6.42 Å². The van der Waals surface area contributed by atoms with Crippen molar-refractivity contribution < 1.29 is 17.9 Å². The van der Waals surface area contributed by atoms with Crippen LogP contribution < -0.4 is 9.64 Å². The molecule has 0 spiro atoms. The van der Waals surface area contributed by atoms with E-state index in [0.29, 0.717) is 36.6 Å². The lowest BCUT2D eigenvalue weighted by Crippen LogP contribution is -2.46. The Balaban J connectivity index is 1.35. The minimum atomic E-state index is -3.29. The van der Waals surface area contributed by atoms with Crippen molar-refractivity contribution in [1.82, 2.24) is 24.8 Å². The van der Waals surface area contributed by atoms with Crippen LogP contribution in [0.5, 0.6) is 5.88 Å². The van der Waals surface area contributed by atoms with Crippen LogP contribution in [0.25, 0.3) is 21.5 Å². The highest BCUT2D eigenvalue weighted by atomic mass is 32.2. The minimum Gasteiger partial charge on any atom is -0.481 e. The summed E-state index contributed by atoms with van der Waals surface area (Å²) in [5.41, 5.74) is 4.34. The summed E-state index contributed by atoms with van der Waals surface area (Å²) >= 11 is 1.72. The van der Waals surface area contributed by atoms with Crippen molar-refractivity contribution in [2.24, 2.45) is 0 Å². The molecule has 3 aliphatic heterocycles. The number of sulfone groups is 1. The van der Waals surface area contributed by atoms with Crippen molar-refractivity contribution in [3.05, 3.63) is 28.3 Å². The van der Waals surface area contributed by atoms with Gasteiger partial charge in [0.05, 0.1) is 42.0 Å². The SMILES string of the molecule is COc1ncc(-c2nc(N3CCOCC3)nc3c(CN4CCC(N5CCCCC5)CC4)c(C)sc23)cc1CS(C)(=O)=O. The number of fused-ring (bicyclic) bond motifs is 1. The zero-order valence-corrected chi connectivity index (χ0v) is 26.6. The van der Waals surface area contributed by atoms with Gasteiger partial charge in [-0.3, -0.25) is 4.90 Å². The van der Waals surface area contributed by atoms with Crippen LogP contribution in [-0.4, -0.2) is 105 Å². The van der Waals surface area contributed by atoms with Crippen molar-refractivity contribution in [3.8, 4) is 17.1 Å². The first-order valence-corrected chi connectivity index (χ1v) is 18.0. The molecule has 42 heavy (non-hydrogen) atoms. The lowest BCUT2D eigenvalue weighted by atomic mass is 9.99. The molecule has 0 aromatic carbocycles. The summed E-state index contributed by atoms with van der Waals surface area (Å²) in [7, 11) is -1.78. The molecule has 0 radical (unpaired) electrons. The number of thiophene rings is 1. The van der Waals surface area contributed by atoms with Crippen LogP contribution in [0.1, 0.15) is 48.1 Å². The number of aromatic nitrogens is 3. The van der Waals surface area contributed by atoms with Crippen LogP contribution in [0.2, 0.25) is 0 Å². The summed E-state index contributed by atoms with van der Waals surface area (Å²) in [6.07, 6.45) is 9.46. The lowest BCUT2D eigenvalue weighted by Gasteiger charge is -2.40. The number of aryl methyl sites for hydroxylation is 1. The highest BCUT2D eigenvalue weighted by Crippen LogP contribution is 2.39. The number of ether oxygens (including phenoxy) is 2. The van der Waals surface area contributed by atoms with E-state index in [9.17, 15) is 8.42 Å². The molecule has 3 aromatic heterocycles. The van der Waals surface area contributed by atoms with Crippen LogP contribution in [0, 0.1) is 6.92 Å². The third kappa shape index (κ3) is 6.57. The number of piperidine rings is 2. The number of anilines is 1. The molecule has 3 saturated heterocycles. The molecule has 0 amide bonds. The topological polar surface area (TPSA) is 101 Å². The summed E-state index contributed by atoms with van der Waals surface area (Å²) in [5.74, 6) is 0.854. The molecule has 0 atom stereocenters. The maximum atomic E-state index is 12.2. The zero-order chi connectivity index (χ0) is 29.3. The molecular formula is C30H42N6O4S2. The lowest BCUT2D eigenvalue weighted by molar-refractivity contribution is 0.0898. The van der Waals surface area contributed by atoms with Crippen LogP contribution in [0.15, 0.2) is 12.3 Å². The summed E-state index contributed by atoms with van der Waals surface area (Å²) in [6, 6.07) is 2.57. The van der Waals surface area contributed by atoms with E-state index < -0.39 is 9.84 Å². The van der Waals surface area contributed by atoms with Crippen LogP contribution in [-0.2, 0) is 26.9 Å². The van der Waals surface area contributed by atoms with Crippen LogP contribution in [0.3, 0.4) is 0 Å². The Kier molecular flexibility index (Phi) is 8.97. The normalized spacial score (nSPS) is 19.9. The van der Waals surface area contributed by atoms with Gasteiger partial charge in [0.2, 0.25) is 11.8 Å². The molecule has 228 valence electrons. The molecule has 6 rings (SSSR count). The molecule has 10 nitrogen and oxygen atoms in total. The van der Waals surface area contributed by atoms with E-state index in [2.05, 4.69) is 26.6 Å². The second-order valence-corrected chi connectivity index (χ2v) is 15.2. The number of methoxy groups -OCH3 is 1. The highest BCUT2D eigenvalue weighted by Gasteiger charge is 2.28. The smallest absolute Gasteiger partial charge is 0.226 e. The first-order chi connectivity index (χ1) is 20.3. The van der Waals surface area contributed by atoms with Gasteiger partial charge in [0.1, 0.15) is 0 Å². The molecule has 0 aliphatic carbocycles. The van der Waals surface area contributed by atoms with Gasteiger partial charge in [-0.15, -0.1) is 11.3 Å². The average Bonchev–Trinajstić information content (AvgIpc) is 3.31. The molecule has 3 aliphatic rings. The summed E-state index contributed by atoms with van der Waals surface area (Å²) < 4.78 is 36.4. The van der Waals surface area contributed by atoms with E-state index in [1.165, 1.54) is 69.0 Å². The fourth-order valence-corrected chi connectivity index (χ4v) is 8.44. The third-order valence-electron chi connectivity index (χ3n) is 8.77. The number of morpholine rings is 1. The Bertz CT molecular complexity index is 1510. The zero-order valence-electron chi connectivity index (χ0n) is 25.0. The minimum absolute atomic E-state index is 0.149. The molecule has 12 heteroatoms. The second kappa shape index (κ2) is 12.7. The summed E-state index contributed by atoms with van der Waals surface area (Å²) in [6.45, 7) is 10.5. The first-order valence-electron chi connectivity index (χ1n) is 15.1. The molecule has 3 fully saturated rings. The van der Waals surface area contributed by atoms with E-state index in [1.54, 1.807) is 17.5 Å². The summed E-state index contributed by atoms with van der Waals surface area (Å²) in [4.78, 5) is 23.5. The quantitative estimate of drug-likeness (QED) is 0.371. The predicted octanol–water partition coefficient (Wildman–Crippen LogP) is 3.90. The van der Waals surface area contributed by atoms with Gasteiger partial charge in [-0.2, -0.15) is 0 Å². The van der Waals surface area contributed by atoms with Crippen molar-refractivity contribution in [1.29, 1.82) is 0 Å². The second-order valence-electron chi connectivity index (χ2n) is 11.9. The number of nitrogens with zero attached hydrogens (tertiary/aromatic N) is 6. The van der Waals surface area contributed by atoms with E-state index in [4.69, 9.17) is 19.4 Å². The van der Waals surface area contributed by atoms with Gasteiger partial charge < -0.3 is 19.3 Å². The molecular weight excluding hydrogens is 573 g/mol. The van der Waals surface area contributed by atoms with Crippen LogP contribution >= 0.6 is 11.3 Å². The first kappa shape index (κ1) is 29.7. The van der Waals surface area contributed by atoms with Gasteiger partial charge in [-0.05, 0) is 64.9 Å². The highest BCUT2D eigenvalue weighted by molar-refractivity contribution is 7.89. The largest absolute Gasteiger partial charge is 0.481 e. The number of rotatable bonds is 8. The Morgan fingerprint density at radius 2 is 1.79 bits per heavy atom. The number of hydrogen-bond acceptors (Lipinski definition) is 11. The standard InChI is InChI=1S/C30H42N6O4S2/c1-21-25(19-34-11-7-24(8-12-34)35-9-5-4-6-10-35)27-28(41-21)26(32-30(33-27)36-13-15-40-16-14-36)22-17-23(20-42(3,37)38)29(39-2)31-18-22/h17-18,24H,4-16,19-20H2,1-3H3. The van der Waals surface area contributed by atoms with Crippen LogP contribution in [0.4, 0.5) is 5.95 Å². The Morgan fingerprint density at radius 1 is 1.05 bits per heavy atom. The van der Waals surface area contributed by atoms with E-state index >= 15 is 0 Å². The average molecular weight is 615 g/mol. The van der Waals surface area contributed by atoms with Gasteiger partial charge >= 0.3 is 0 Å². The monoisotopic (exact) mass is 614 g/mol. The maximum Gasteiger partial charge on any atom is 0.226 e.